The number of carboxylic acids is 2. The van der Waals surface area contributed by atoms with Crippen LogP contribution in [0.1, 0.15) is 29.7 Å². The molecule has 2 aromatic carbocycles. The van der Waals surface area contributed by atoms with Crippen molar-refractivity contribution in [3.8, 4) is 0 Å². The highest BCUT2D eigenvalue weighted by molar-refractivity contribution is 7.19. The maximum Gasteiger partial charge on any atom is 0.303 e. The minimum Gasteiger partial charge on any atom is -0.481 e. The lowest BCUT2D eigenvalue weighted by Crippen LogP contribution is -2.51. The monoisotopic (exact) mass is 547 g/mol. The molecule has 204 valence electrons. The molecule has 0 amide bonds. The Kier molecular flexibility index (Phi) is 9.27. The van der Waals surface area contributed by atoms with Crippen molar-refractivity contribution in [1.29, 1.82) is 0 Å². The second-order valence-corrected chi connectivity index (χ2v) is 11.0. The van der Waals surface area contributed by atoms with Crippen LogP contribution in [0.15, 0.2) is 65.5 Å². The standard InChI is InChI=1S/C26H27N3OS.C4H6O4/c1-18-16-22-25(31-18)24(30)21-10-6-7-11-23(21)27-26(22)29-15-14-28(2)20(17-29)13-12-19-8-4-3-5-9-19;5-3(6)1-2-4(7)8/h3-11,16,20H,12-15,17H2,1-2H3;1-2H2,(H,5,6)(H,7,8)/t20-;/m0./s1. The van der Waals surface area contributed by atoms with E-state index >= 15 is 0 Å². The topological polar surface area (TPSA) is 111 Å². The second kappa shape index (κ2) is 12.8. The average Bonchev–Trinajstić information content (AvgIpc) is 3.27. The molecule has 0 spiro atoms. The van der Waals surface area contributed by atoms with Crippen molar-refractivity contribution in [2.75, 3.05) is 31.6 Å². The smallest absolute Gasteiger partial charge is 0.303 e. The van der Waals surface area contributed by atoms with Gasteiger partial charge in [0.15, 0.2) is 0 Å². The van der Waals surface area contributed by atoms with E-state index in [1.54, 1.807) is 11.3 Å². The van der Waals surface area contributed by atoms with E-state index < -0.39 is 11.9 Å². The van der Waals surface area contributed by atoms with Gasteiger partial charge >= 0.3 is 11.9 Å². The summed E-state index contributed by atoms with van der Waals surface area (Å²) in [4.78, 5) is 43.6. The highest BCUT2D eigenvalue weighted by Crippen LogP contribution is 2.32. The number of thiophene rings is 1. The van der Waals surface area contributed by atoms with Gasteiger partial charge in [-0.25, -0.2) is 4.98 Å². The van der Waals surface area contributed by atoms with Crippen LogP contribution in [0.25, 0.3) is 21.0 Å². The number of aliphatic carboxylic acids is 2. The van der Waals surface area contributed by atoms with Gasteiger partial charge < -0.3 is 15.1 Å². The summed E-state index contributed by atoms with van der Waals surface area (Å²) < 4.78 is 0.820. The van der Waals surface area contributed by atoms with Gasteiger partial charge in [-0.3, -0.25) is 19.3 Å². The Hall–Kier alpha value is -3.82. The van der Waals surface area contributed by atoms with Crippen LogP contribution in [0.3, 0.4) is 0 Å². The molecule has 4 aromatic rings. The van der Waals surface area contributed by atoms with Gasteiger partial charge in [-0.15, -0.1) is 11.3 Å². The molecule has 39 heavy (non-hydrogen) atoms. The van der Waals surface area contributed by atoms with Crippen LogP contribution >= 0.6 is 11.3 Å². The molecule has 1 atom stereocenters. The summed E-state index contributed by atoms with van der Waals surface area (Å²) in [6, 6.07) is 21.0. The number of anilines is 1. The van der Waals surface area contributed by atoms with E-state index in [-0.39, 0.29) is 18.3 Å². The maximum atomic E-state index is 13.3. The van der Waals surface area contributed by atoms with Crippen molar-refractivity contribution < 1.29 is 19.8 Å². The van der Waals surface area contributed by atoms with Crippen molar-refractivity contribution in [2.45, 2.75) is 38.6 Å². The number of benzene rings is 2. The molecule has 1 saturated heterocycles. The molecule has 0 bridgehead atoms. The molecule has 2 aromatic heterocycles. The van der Waals surface area contributed by atoms with E-state index in [9.17, 15) is 14.4 Å². The first-order valence-electron chi connectivity index (χ1n) is 13.0. The zero-order chi connectivity index (χ0) is 27.9. The fourth-order valence-electron chi connectivity index (χ4n) is 4.79. The Balaban J connectivity index is 0.000000386. The molecule has 0 aliphatic carbocycles. The first-order valence-corrected chi connectivity index (χ1v) is 13.8. The number of carboxylic acid groups (broad SMARTS) is 2. The van der Waals surface area contributed by atoms with Crippen LogP contribution in [0.2, 0.25) is 0 Å². The third-order valence-corrected chi connectivity index (χ3v) is 7.97. The lowest BCUT2D eigenvalue weighted by atomic mass is 10.0. The third-order valence-electron chi connectivity index (χ3n) is 6.92. The summed E-state index contributed by atoms with van der Waals surface area (Å²) in [5.74, 6) is -1.20. The van der Waals surface area contributed by atoms with E-state index in [4.69, 9.17) is 15.2 Å². The molecular formula is C30H33N3O5S. The lowest BCUT2D eigenvalue weighted by Gasteiger charge is -2.40. The summed E-state index contributed by atoms with van der Waals surface area (Å²) in [5, 5.41) is 17.5. The van der Waals surface area contributed by atoms with Gasteiger partial charge in [0.25, 0.3) is 0 Å². The molecule has 8 nitrogen and oxygen atoms in total. The number of nitrogens with zero attached hydrogens (tertiary/aromatic N) is 3. The second-order valence-electron chi connectivity index (χ2n) is 9.77. The highest BCUT2D eigenvalue weighted by atomic mass is 32.1. The first-order chi connectivity index (χ1) is 18.7. The predicted octanol–water partition coefficient (Wildman–Crippen LogP) is 4.81. The molecule has 1 aliphatic rings. The Bertz CT molecular complexity index is 1510. The quantitative estimate of drug-likeness (QED) is 0.339. The highest BCUT2D eigenvalue weighted by Gasteiger charge is 2.27. The van der Waals surface area contributed by atoms with Crippen LogP contribution in [0.5, 0.6) is 0 Å². The van der Waals surface area contributed by atoms with Gasteiger partial charge in [0.05, 0.1) is 23.1 Å². The molecule has 0 unspecified atom stereocenters. The Labute approximate surface area is 231 Å². The average molecular weight is 548 g/mol. The van der Waals surface area contributed by atoms with Gasteiger partial charge in [-0.2, -0.15) is 0 Å². The number of hydrogen-bond acceptors (Lipinski definition) is 7. The van der Waals surface area contributed by atoms with Crippen LogP contribution < -0.4 is 10.3 Å². The fourth-order valence-corrected chi connectivity index (χ4v) is 5.75. The van der Waals surface area contributed by atoms with Gasteiger partial charge in [0, 0.05) is 41.3 Å². The molecular weight excluding hydrogens is 514 g/mol. The normalized spacial score (nSPS) is 15.6. The molecule has 9 heteroatoms. The molecule has 1 aliphatic heterocycles. The largest absolute Gasteiger partial charge is 0.481 e. The number of hydrogen-bond donors (Lipinski definition) is 2. The number of para-hydroxylation sites is 1. The van der Waals surface area contributed by atoms with Crippen LogP contribution in [0, 0.1) is 6.92 Å². The van der Waals surface area contributed by atoms with E-state index in [2.05, 4.69) is 60.2 Å². The summed E-state index contributed by atoms with van der Waals surface area (Å²) in [5.41, 5.74) is 2.26. The molecule has 5 rings (SSSR count). The van der Waals surface area contributed by atoms with Crippen molar-refractivity contribution in [1.82, 2.24) is 9.88 Å². The summed E-state index contributed by atoms with van der Waals surface area (Å²) in [6.07, 6.45) is 1.58. The van der Waals surface area contributed by atoms with Gasteiger partial charge in [0.2, 0.25) is 5.43 Å². The number of aromatic nitrogens is 1. The Morgan fingerprint density at radius 2 is 1.64 bits per heavy atom. The molecule has 0 radical (unpaired) electrons. The summed E-state index contributed by atoms with van der Waals surface area (Å²) in [6.45, 7) is 4.91. The zero-order valence-corrected chi connectivity index (χ0v) is 23.0. The number of fused-ring (bicyclic) bond motifs is 2. The Morgan fingerprint density at radius 3 is 2.33 bits per heavy atom. The number of carbonyl (C=O) groups is 2. The van der Waals surface area contributed by atoms with E-state index in [0.717, 1.165) is 58.8 Å². The first kappa shape index (κ1) is 28.2. The van der Waals surface area contributed by atoms with E-state index in [0.29, 0.717) is 11.4 Å². The lowest BCUT2D eigenvalue weighted by molar-refractivity contribution is -0.143. The molecule has 0 saturated carbocycles. The van der Waals surface area contributed by atoms with Crippen molar-refractivity contribution >= 4 is 50.1 Å². The van der Waals surface area contributed by atoms with Gasteiger partial charge in [0.1, 0.15) is 5.82 Å². The minimum atomic E-state index is -1.08. The summed E-state index contributed by atoms with van der Waals surface area (Å²) >= 11 is 1.58. The van der Waals surface area contributed by atoms with Crippen LogP contribution in [0.4, 0.5) is 5.82 Å². The van der Waals surface area contributed by atoms with E-state index in [1.165, 1.54) is 5.56 Å². The summed E-state index contributed by atoms with van der Waals surface area (Å²) in [7, 11) is 2.22. The van der Waals surface area contributed by atoms with Gasteiger partial charge in [-0.05, 0) is 50.6 Å². The minimum absolute atomic E-state index is 0.0946. The van der Waals surface area contributed by atoms with Crippen LogP contribution in [-0.4, -0.2) is 64.8 Å². The SMILES string of the molecule is Cc1cc2c(N3CCN(C)[C@@H](CCc4ccccc4)C3)nc3ccccc3c(=O)c2s1.O=C(O)CCC(=O)O. The molecule has 3 heterocycles. The maximum absolute atomic E-state index is 13.3. The number of rotatable bonds is 7. The van der Waals surface area contributed by atoms with Gasteiger partial charge in [-0.1, -0.05) is 42.5 Å². The zero-order valence-electron chi connectivity index (χ0n) is 22.2. The third kappa shape index (κ3) is 7.19. The number of likely N-dealkylation sites (N-methyl/N-ethyl adjacent to an activating group) is 1. The molecule has 2 N–H and O–H groups in total. The van der Waals surface area contributed by atoms with Crippen LogP contribution in [-0.2, 0) is 16.0 Å². The van der Waals surface area contributed by atoms with Crippen molar-refractivity contribution in [3.63, 3.8) is 0 Å². The van der Waals surface area contributed by atoms with Crippen molar-refractivity contribution in [2.24, 2.45) is 0 Å². The fraction of sp³-hybridized carbons (Fsp3) is 0.333. The predicted molar refractivity (Wildman–Crippen MR) is 156 cm³/mol. The van der Waals surface area contributed by atoms with Crippen molar-refractivity contribution in [3.05, 3.63) is 81.3 Å². The Morgan fingerprint density at radius 1 is 0.974 bits per heavy atom. The number of aryl methyl sites for hydroxylation is 2. The molecule has 1 fully saturated rings. The van der Waals surface area contributed by atoms with E-state index in [1.807, 2.05) is 24.3 Å². The number of piperazine rings is 1.